The van der Waals surface area contributed by atoms with Crippen LogP contribution < -0.4 is 15.1 Å². The van der Waals surface area contributed by atoms with Gasteiger partial charge in [0.15, 0.2) is 0 Å². The van der Waals surface area contributed by atoms with E-state index in [0.717, 1.165) is 6.20 Å². The summed E-state index contributed by atoms with van der Waals surface area (Å²) < 4.78 is 26.2. The largest absolute Gasteiger partial charge is 0.496 e. The number of carboxylic acid groups (broad SMARTS) is 1. The second-order valence-electron chi connectivity index (χ2n) is 9.06. The average Bonchev–Trinajstić information content (AvgIpc) is 3.32. The number of aromatic carboxylic acids is 1. The number of carbonyl (C=O) groups is 2. The van der Waals surface area contributed by atoms with Crippen LogP contribution in [0, 0.1) is 5.82 Å². The molecule has 0 radical (unpaired) electrons. The van der Waals surface area contributed by atoms with Gasteiger partial charge in [-0.25, -0.2) is 9.18 Å². The molecule has 0 bridgehead atoms. The number of rotatable bonds is 10. The van der Waals surface area contributed by atoms with Crippen molar-refractivity contribution in [1.29, 1.82) is 0 Å². The monoisotopic (exact) mass is 546 g/mol. The molecule has 202 valence electrons. The number of benzene rings is 2. The third-order valence-electron chi connectivity index (χ3n) is 6.73. The number of aliphatic hydroxyl groups is 1. The fourth-order valence-electron chi connectivity index (χ4n) is 4.77. The number of methoxy groups -OCH3 is 1. The first-order valence-corrected chi connectivity index (χ1v) is 12.5. The fourth-order valence-corrected chi connectivity index (χ4v) is 5.00. The molecule has 11 heteroatoms. The predicted octanol–water partition coefficient (Wildman–Crippen LogP) is 3.88. The Kier molecular flexibility index (Phi) is 8.35. The number of aliphatic hydroxyl groups excluding tert-OH is 1. The van der Waals surface area contributed by atoms with Gasteiger partial charge in [-0.05, 0) is 37.1 Å². The van der Waals surface area contributed by atoms with Gasteiger partial charge in [-0.15, -0.1) is 0 Å². The van der Waals surface area contributed by atoms with Gasteiger partial charge in [0.2, 0.25) is 11.3 Å². The molecule has 9 nitrogen and oxygen atoms in total. The Balaban J connectivity index is 1.77. The van der Waals surface area contributed by atoms with Crippen LogP contribution in [0.4, 0.5) is 10.1 Å². The number of halogens is 2. The smallest absolute Gasteiger partial charge is 0.341 e. The van der Waals surface area contributed by atoms with Gasteiger partial charge in [-0.2, -0.15) is 0 Å². The summed E-state index contributed by atoms with van der Waals surface area (Å²) in [6, 6.07) is 5.91. The quantitative estimate of drug-likeness (QED) is 0.352. The van der Waals surface area contributed by atoms with E-state index in [9.17, 15) is 24.6 Å². The lowest BCUT2D eigenvalue weighted by molar-refractivity contribution is -0.117. The maximum atomic E-state index is 15.1. The number of fused-ring (bicyclic) bond motifs is 1. The molecule has 38 heavy (non-hydrogen) atoms. The van der Waals surface area contributed by atoms with Crippen molar-refractivity contribution in [3.63, 3.8) is 0 Å². The summed E-state index contributed by atoms with van der Waals surface area (Å²) in [6.45, 7) is 2.61. The number of carboxylic acids is 1. The molecule has 3 aromatic rings. The van der Waals surface area contributed by atoms with E-state index >= 15 is 4.39 Å². The molecule has 0 spiro atoms. The highest BCUT2D eigenvalue weighted by molar-refractivity contribution is 6.31. The Bertz CT molecular complexity index is 1440. The van der Waals surface area contributed by atoms with Crippen LogP contribution in [0.2, 0.25) is 5.02 Å². The molecule has 0 saturated carbocycles. The normalized spacial score (nSPS) is 15.2. The van der Waals surface area contributed by atoms with Crippen LogP contribution in [0.25, 0.3) is 10.9 Å². The molecule has 1 saturated heterocycles. The van der Waals surface area contributed by atoms with Gasteiger partial charge in [0, 0.05) is 60.8 Å². The number of pyridine rings is 1. The number of hydrogen-bond acceptors (Lipinski definition) is 6. The second kappa shape index (κ2) is 11.5. The number of H-pyrrole nitrogens is 1. The molecule has 1 aliphatic heterocycles. The lowest BCUT2D eigenvalue weighted by Crippen LogP contribution is -2.27. The maximum Gasteiger partial charge on any atom is 0.341 e. The Hall–Kier alpha value is -3.47. The Morgan fingerprint density at radius 2 is 2.03 bits per heavy atom. The van der Waals surface area contributed by atoms with Crippen LogP contribution in [0.1, 0.15) is 47.2 Å². The first kappa shape index (κ1) is 27.6. The molecule has 3 N–H and O–H groups in total. The number of amides is 1. The lowest BCUT2D eigenvalue weighted by Gasteiger charge is -2.26. The highest BCUT2D eigenvalue weighted by Crippen LogP contribution is 2.35. The van der Waals surface area contributed by atoms with Gasteiger partial charge in [0.05, 0.1) is 30.4 Å². The SMILES string of the molecule is CCOCC(c1cc2c(=O)c(C(=O)O)c[nH]c2cc1OC)[C@H](O)Cc1cc(N2CCCC2=O)cc(Cl)c1F. The summed E-state index contributed by atoms with van der Waals surface area (Å²) in [4.78, 5) is 40.9. The standard InChI is InChI=1S/C27H28ClFN2O7/c1-3-38-13-19(16-10-17-21(11-23(16)37-2)30-12-18(26(17)34)27(35)36)22(32)8-14-7-15(9-20(28)25(14)29)31-6-4-5-24(31)33/h7,9-12,19,22,32H,3-6,8,13H2,1-2H3,(H,30,34)(H,35,36)/t19?,22-/m1/s1. The van der Waals surface area contributed by atoms with Crippen molar-refractivity contribution >= 4 is 40.1 Å². The summed E-state index contributed by atoms with van der Waals surface area (Å²) in [5, 5.41) is 20.7. The van der Waals surface area contributed by atoms with Crippen molar-refractivity contribution in [2.75, 3.05) is 31.8 Å². The molecular weight excluding hydrogens is 519 g/mol. The van der Waals surface area contributed by atoms with Crippen LogP contribution in [-0.2, 0) is 16.0 Å². The van der Waals surface area contributed by atoms with Crippen LogP contribution in [-0.4, -0.2) is 60.0 Å². The zero-order valence-corrected chi connectivity index (χ0v) is 21.7. The van der Waals surface area contributed by atoms with Crippen molar-refractivity contribution in [2.24, 2.45) is 0 Å². The van der Waals surface area contributed by atoms with Crippen LogP contribution in [0.5, 0.6) is 5.75 Å². The van der Waals surface area contributed by atoms with Crippen molar-refractivity contribution in [3.8, 4) is 5.75 Å². The summed E-state index contributed by atoms with van der Waals surface area (Å²) in [5.74, 6) is -2.61. The first-order chi connectivity index (χ1) is 18.2. The van der Waals surface area contributed by atoms with Crippen molar-refractivity contribution in [2.45, 2.75) is 38.2 Å². The summed E-state index contributed by atoms with van der Waals surface area (Å²) >= 11 is 6.15. The van der Waals surface area contributed by atoms with E-state index in [0.29, 0.717) is 48.5 Å². The zero-order chi connectivity index (χ0) is 27.6. The average molecular weight is 547 g/mol. The zero-order valence-electron chi connectivity index (χ0n) is 20.9. The predicted molar refractivity (Wildman–Crippen MR) is 140 cm³/mol. The van der Waals surface area contributed by atoms with Crippen molar-refractivity contribution < 1.29 is 33.7 Å². The van der Waals surface area contributed by atoms with E-state index in [1.165, 1.54) is 30.2 Å². The molecule has 2 atom stereocenters. The minimum Gasteiger partial charge on any atom is -0.496 e. The number of carbonyl (C=O) groups excluding carboxylic acids is 1. The fraction of sp³-hybridized carbons (Fsp3) is 0.370. The second-order valence-corrected chi connectivity index (χ2v) is 9.47. The van der Waals surface area contributed by atoms with E-state index in [-0.39, 0.29) is 34.9 Å². The Morgan fingerprint density at radius 3 is 2.66 bits per heavy atom. The summed E-state index contributed by atoms with van der Waals surface area (Å²) in [7, 11) is 1.43. The molecule has 1 unspecified atom stereocenters. The summed E-state index contributed by atoms with van der Waals surface area (Å²) in [5.41, 5.74) is 0.198. The van der Waals surface area contributed by atoms with Gasteiger partial charge in [0.25, 0.3) is 0 Å². The van der Waals surface area contributed by atoms with Crippen LogP contribution in [0.15, 0.2) is 35.3 Å². The maximum absolute atomic E-state index is 15.1. The van der Waals surface area contributed by atoms with Crippen molar-refractivity contribution in [3.05, 3.63) is 68.2 Å². The topological polar surface area (TPSA) is 129 Å². The highest BCUT2D eigenvalue weighted by Gasteiger charge is 2.29. The van der Waals surface area contributed by atoms with E-state index in [2.05, 4.69) is 4.98 Å². The molecule has 2 heterocycles. The number of aromatic nitrogens is 1. The molecule has 0 aliphatic carbocycles. The molecular formula is C27H28ClFN2O7. The summed E-state index contributed by atoms with van der Waals surface area (Å²) in [6.07, 6.45) is 0.806. The molecule has 1 fully saturated rings. The number of anilines is 1. The first-order valence-electron chi connectivity index (χ1n) is 12.2. The number of nitrogens with one attached hydrogen (secondary N) is 1. The highest BCUT2D eigenvalue weighted by atomic mass is 35.5. The Labute approximate surface area is 222 Å². The van der Waals surface area contributed by atoms with E-state index in [1.807, 2.05) is 0 Å². The van der Waals surface area contributed by atoms with Gasteiger partial charge >= 0.3 is 5.97 Å². The van der Waals surface area contributed by atoms with Gasteiger partial charge in [-0.1, -0.05) is 11.6 Å². The minimum atomic E-state index is -1.37. The number of nitrogens with zero attached hydrogens (tertiary/aromatic N) is 1. The van der Waals surface area contributed by atoms with Crippen molar-refractivity contribution in [1.82, 2.24) is 4.98 Å². The Morgan fingerprint density at radius 1 is 1.26 bits per heavy atom. The van der Waals surface area contributed by atoms with E-state index in [4.69, 9.17) is 21.1 Å². The minimum absolute atomic E-state index is 0.00964. The van der Waals surface area contributed by atoms with E-state index < -0.39 is 34.8 Å². The molecule has 1 aliphatic rings. The molecule has 2 aromatic carbocycles. The number of hydrogen-bond donors (Lipinski definition) is 3. The number of ether oxygens (including phenoxy) is 2. The third kappa shape index (κ3) is 5.38. The third-order valence-corrected chi connectivity index (χ3v) is 7.00. The van der Waals surface area contributed by atoms with Gasteiger partial charge < -0.3 is 29.6 Å². The van der Waals surface area contributed by atoms with Crippen LogP contribution >= 0.6 is 11.6 Å². The molecule has 1 amide bonds. The molecule has 1 aromatic heterocycles. The van der Waals surface area contributed by atoms with Gasteiger partial charge in [-0.3, -0.25) is 9.59 Å². The number of aromatic amines is 1. The lowest BCUT2D eigenvalue weighted by atomic mass is 9.88. The van der Waals surface area contributed by atoms with Gasteiger partial charge in [0.1, 0.15) is 17.1 Å². The van der Waals surface area contributed by atoms with E-state index in [1.54, 1.807) is 13.0 Å². The van der Waals surface area contributed by atoms with Crippen LogP contribution in [0.3, 0.4) is 0 Å². The molecule has 4 rings (SSSR count).